The summed E-state index contributed by atoms with van der Waals surface area (Å²) in [5, 5.41) is 12.1. The number of anilines is 3. The van der Waals surface area contributed by atoms with Gasteiger partial charge in [-0.15, -0.1) is 0 Å². The molecule has 0 saturated heterocycles. The number of nitrogens with one attached hydrogen (secondary N) is 2. The van der Waals surface area contributed by atoms with Crippen molar-refractivity contribution in [3.8, 4) is 0 Å². The predicted molar refractivity (Wildman–Crippen MR) is 118 cm³/mol. The second-order valence-electron chi connectivity index (χ2n) is 7.03. The maximum Gasteiger partial charge on any atom is 0.229 e. The van der Waals surface area contributed by atoms with Crippen LogP contribution in [-0.2, 0) is 24.7 Å². The van der Waals surface area contributed by atoms with Gasteiger partial charge in [0.15, 0.2) is 11.1 Å². The molecule has 0 aliphatic heterocycles. The number of rotatable bonds is 6. The van der Waals surface area contributed by atoms with Gasteiger partial charge in [-0.1, -0.05) is 18.2 Å². The number of aryl methyl sites for hydroxylation is 3. The zero-order valence-corrected chi connectivity index (χ0v) is 17.7. The Balaban J connectivity index is 1.47. The first-order valence-corrected chi connectivity index (χ1v) is 10.5. The van der Waals surface area contributed by atoms with Gasteiger partial charge < -0.3 is 15.2 Å². The molecule has 0 bridgehead atoms. The van der Waals surface area contributed by atoms with Gasteiger partial charge in [0.1, 0.15) is 5.82 Å². The van der Waals surface area contributed by atoms with E-state index in [2.05, 4.69) is 50.8 Å². The molecule has 0 spiro atoms. The SMILES string of the molecule is Cc1ccc(Nc2nccc(NCc3ccc4c(C)n(C)nc4c3)n2)cc1S(=O)O. The maximum atomic E-state index is 11.4. The lowest BCUT2D eigenvalue weighted by atomic mass is 10.1. The highest BCUT2D eigenvalue weighted by atomic mass is 32.2. The lowest BCUT2D eigenvalue weighted by Gasteiger charge is -2.10. The first kappa shape index (κ1) is 20.0. The Labute approximate surface area is 176 Å². The van der Waals surface area contributed by atoms with Gasteiger partial charge in [0, 0.05) is 36.6 Å². The van der Waals surface area contributed by atoms with Crippen LogP contribution in [0.1, 0.15) is 16.8 Å². The zero-order chi connectivity index (χ0) is 21.3. The van der Waals surface area contributed by atoms with Crippen molar-refractivity contribution in [2.45, 2.75) is 25.3 Å². The lowest BCUT2D eigenvalue weighted by molar-refractivity contribution is 0.564. The number of benzene rings is 2. The van der Waals surface area contributed by atoms with Crippen molar-refractivity contribution in [3.63, 3.8) is 0 Å². The molecule has 154 valence electrons. The molecule has 8 nitrogen and oxygen atoms in total. The van der Waals surface area contributed by atoms with E-state index in [0.29, 0.717) is 28.9 Å². The fraction of sp³-hybridized carbons (Fsp3) is 0.190. The summed E-state index contributed by atoms with van der Waals surface area (Å²) in [5.41, 5.74) is 4.60. The van der Waals surface area contributed by atoms with E-state index < -0.39 is 11.1 Å². The summed E-state index contributed by atoms with van der Waals surface area (Å²) in [5.74, 6) is 1.07. The molecule has 0 amide bonds. The molecular formula is C21H22N6O2S. The summed E-state index contributed by atoms with van der Waals surface area (Å²) >= 11 is -2.05. The minimum atomic E-state index is -2.05. The molecule has 1 atom stereocenters. The molecule has 3 N–H and O–H groups in total. The number of aromatic nitrogens is 4. The molecule has 0 aliphatic carbocycles. The molecule has 9 heteroatoms. The molecule has 2 aromatic carbocycles. The Bertz CT molecular complexity index is 1250. The maximum absolute atomic E-state index is 11.4. The molecule has 30 heavy (non-hydrogen) atoms. The van der Waals surface area contributed by atoms with Gasteiger partial charge in [-0.2, -0.15) is 10.1 Å². The summed E-state index contributed by atoms with van der Waals surface area (Å²) in [6, 6.07) is 13.2. The second-order valence-corrected chi connectivity index (χ2v) is 7.97. The van der Waals surface area contributed by atoms with E-state index >= 15 is 0 Å². The Morgan fingerprint density at radius 3 is 2.77 bits per heavy atom. The molecule has 0 fully saturated rings. The third kappa shape index (κ3) is 4.17. The third-order valence-electron chi connectivity index (χ3n) is 4.96. The van der Waals surface area contributed by atoms with Crippen LogP contribution in [-0.4, -0.2) is 28.5 Å². The quantitative estimate of drug-likeness (QED) is 0.405. The highest BCUT2D eigenvalue weighted by Gasteiger charge is 2.08. The predicted octanol–water partition coefficient (Wildman–Crippen LogP) is 3.92. The Kier molecular flexibility index (Phi) is 5.47. The van der Waals surface area contributed by atoms with Crippen molar-refractivity contribution in [1.29, 1.82) is 0 Å². The summed E-state index contributed by atoms with van der Waals surface area (Å²) in [6.45, 7) is 4.44. The first-order chi connectivity index (χ1) is 14.4. The van der Waals surface area contributed by atoms with Crippen molar-refractivity contribution < 1.29 is 8.76 Å². The second kappa shape index (κ2) is 8.21. The zero-order valence-electron chi connectivity index (χ0n) is 16.9. The smallest absolute Gasteiger partial charge is 0.229 e. The van der Waals surface area contributed by atoms with Gasteiger partial charge in [-0.3, -0.25) is 4.68 Å². The van der Waals surface area contributed by atoms with E-state index in [1.807, 2.05) is 17.8 Å². The van der Waals surface area contributed by atoms with Gasteiger partial charge in [0.05, 0.1) is 10.4 Å². The Morgan fingerprint density at radius 2 is 1.97 bits per heavy atom. The Hall–Kier alpha value is -3.30. The van der Waals surface area contributed by atoms with Gasteiger partial charge >= 0.3 is 0 Å². The molecular weight excluding hydrogens is 400 g/mol. The van der Waals surface area contributed by atoms with Crippen molar-refractivity contribution >= 4 is 39.4 Å². The highest BCUT2D eigenvalue weighted by Crippen LogP contribution is 2.22. The summed E-state index contributed by atoms with van der Waals surface area (Å²) in [4.78, 5) is 9.05. The van der Waals surface area contributed by atoms with E-state index in [9.17, 15) is 8.76 Å². The van der Waals surface area contributed by atoms with Gasteiger partial charge in [0.25, 0.3) is 0 Å². The van der Waals surface area contributed by atoms with Crippen LogP contribution in [0.4, 0.5) is 17.5 Å². The van der Waals surface area contributed by atoms with Crippen LogP contribution < -0.4 is 10.6 Å². The standard InChI is InChI=1S/C21H22N6O2S/c1-13-4-6-16(11-19(13)30(28)29)24-21-22-9-8-20(25-21)23-12-15-5-7-17-14(2)27(3)26-18(17)10-15/h4-11H,12H2,1-3H3,(H,28,29)(H2,22,23,24,25). The van der Waals surface area contributed by atoms with Crippen molar-refractivity contribution in [2.24, 2.45) is 7.05 Å². The minimum absolute atomic E-state index is 0.356. The summed E-state index contributed by atoms with van der Waals surface area (Å²) in [6.07, 6.45) is 1.66. The normalized spacial score (nSPS) is 12.1. The fourth-order valence-electron chi connectivity index (χ4n) is 3.19. The lowest BCUT2D eigenvalue weighted by Crippen LogP contribution is -2.04. The monoisotopic (exact) mass is 422 g/mol. The van der Waals surface area contributed by atoms with Crippen LogP contribution in [0.2, 0.25) is 0 Å². The summed E-state index contributed by atoms with van der Waals surface area (Å²) < 4.78 is 22.7. The molecule has 2 aromatic heterocycles. The number of hydrogen-bond acceptors (Lipinski definition) is 6. The first-order valence-electron chi connectivity index (χ1n) is 9.38. The van der Waals surface area contributed by atoms with Crippen molar-refractivity contribution in [2.75, 3.05) is 10.6 Å². The number of hydrogen-bond donors (Lipinski definition) is 3. The molecule has 2 heterocycles. The minimum Gasteiger partial charge on any atom is -0.366 e. The van der Waals surface area contributed by atoms with Crippen LogP contribution in [0.25, 0.3) is 10.9 Å². The van der Waals surface area contributed by atoms with Crippen LogP contribution in [0.5, 0.6) is 0 Å². The summed E-state index contributed by atoms with van der Waals surface area (Å²) in [7, 11) is 1.94. The molecule has 1 unspecified atom stereocenters. The Morgan fingerprint density at radius 1 is 1.13 bits per heavy atom. The van der Waals surface area contributed by atoms with E-state index in [-0.39, 0.29) is 0 Å². The topological polar surface area (TPSA) is 105 Å². The van der Waals surface area contributed by atoms with Crippen LogP contribution >= 0.6 is 0 Å². The van der Waals surface area contributed by atoms with Gasteiger partial charge in [-0.25, -0.2) is 9.19 Å². The average molecular weight is 423 g/mol. The van der Waals surface area contributed by atoms with Crippen LogP contribution in [0.15, 0.2) is 53.6 Å². The fourth-order valence-corrected chi connectivity index (χ4v) is 3.76. The molecule has 0 radical (unpaired) electrons. The molecule has 0 saturated carbocycles. The largest absolute Gasteiger partial charge is 0.366 e. The van der Waals surface area contributed by atoms with E-state index in [4.69, 9.17) is 0 Å². The van der Waals surface area contributed by atoms with Crippen LogP contribution in [0.3, 0.4) is 0 Å². The average Bonchev–Trinajstić information content (AvgIpc) is 3.01. The van der Waals surface area contributed by atoms with Crippen LogP contribution in [0, 0.1) is 13.8 Å². The van der Waals surface area contributed by atoms with E-state index in [1.165, 1.54) is 0 Å². The third-order valence-corrected chi connectivity index (χ3v) is 5.77. The number of nitrogens with zero attached hydrogens (tertiary/aromatic N) is 4. The van der Waals surface area contributed by atoms with Crippen molar-refractivity contribution in [3.05, 3.63) is 65.5 Å². The van der Waals surface area contributed by atoms with Gasteiger partial charge in [-0.05, 0) is 49.2 Å². The molecule has 4 rings (SSSR count). The molecule has 0 aliphatic rings. The van der Waals surface area contributed by atoms with Gasteiger partial charge in [0.2, 0.25) is 5.95 Å². The van der Waals surface area contributed by atoms with Crippen molar-refractivity contribution in [1.82, 2.24) is 19.7 Å². The molecule has 4 aromatic rings. The highest BCUT2D eigenvalue weighted by molar-refractivity contribution is 7.79. The van der Waals surface area contributed by atoms with E-state index in [1.54, 1.807) is 31.3 Å². The number of fused-ring (bicyclic) bond motifs is 1. The van der Waals surface area contributed by atoms with E-state index in [0.717, 1.165) is 27.7 Å².